The van der Waals surface area contributed by atoms with Crippen molar-refractivity contribution in [2.24, 2.45) is 0 Å². The zero-order valence-corrected chi connectivity index (χ0v) is 15.4. The largest absolute Gasteiger partial charge is 0.482 e. The lowest BCUT2D eigenvalue weighted by Crippen LogP contribution is -2.47. The summed E-state index contributed by atoms with van der Waals surface area (Å²) in [6.07, 6.45) is -1.14. The minimum absolute atomic E-state index is 0.106. The van der Waals surface area contributed by atoms with Crippen molar-refractivity contribution in [1.29, 1.82) is 0 Å². The van der Waals surface area contributed by atoms with Gasteiger partial charge < -0.3 is 14.8 Å². The number of benzene rings is 2. The third kappa shape index (κ3) is 4.67. The number of amides is 2. The van der Waals surface area contributed by atoms with Crippen molar-refractivity contribution in [2.75, 3.05) is 23.4 Å². The lowest BCUT2D eigenvalue weighted by atomic mass is 10.1. The van der Waals surface area contributed by atoms with Gasteiger partial charge in [-0.25, -0.2) is 4.79 Å². The molecule has 10 heteroatoms. The average molecular weight is 399 g/mol. The van der Waals surface area contributed by atoms with Gasteiger partial charge in [-0.2, -0.15) is 0 Å². The lowest BCUT2D eigenvalue weighted by Gasteiger charge is -2.30. The smallest absolute Gasteiger partial charge is 0.344 e. The summed E-state index contributed by atoms with van der Waals surface area (Å²) in [5.41, 5.74) is 0.907. The average Bonchev–Trinajstić information content (AvgIpc) is 2.71. The van der Waals surface area contributed by atoms with Gasteiger partial charge in [-0.1, -0.05) is 12.1 Å². The third-order valence-electron chi connectivity index (χ3n) is 4.10. The summed E-state index contributed by atoms with van der Waals surface area (Å²) < 4.78 is 10.3. The number of anilines is 2. The number of nitrogens with zero attached hydrogens (tertiary/aromatic N) is 2. The Kier molecular flexibility index (Phi) is 5.72. The number of nitro groups is 1. The van der Waals surface area contributed by atoms with Gasteiger partial charge in [0.1, 0.15) is 12.3 Å². The first-order valence-corrected chi connectivity index (χ1v) is 8.62. The van der Waals surface area contributed by atoms with E-state index < -0.39 is 29.5 Å². The summed E-state index contributed by atoms with van der Waals surface area (Å²) in [5, 5.41) is 13.3. The summed E-state index contributed by atoms with van der Waals surface area (Å²) >= 11 is 0. The molecule has 0 saturated heterocycles. The second-order valence-electron chi connectivity index (χ2n) is 6.16. The summed E-state index contributed by atoms with van der Waals surface area (Å²) in [7, 11) is 0. The maximum absolute atomic E-state index is 12.7. The molecule has 0 fully saturated rings. The molecule has 0 spiro atoms. The van der Waals surface area contributed by atoms with E-state index in [-0.39, 0.29) is 23.9 Å². The topological polar surface area (TPSA) is 128 Å². The second-order valence-corrected chi connectivity index (χ2v) is 6.16. The zero-order chi connectivity index (χ0) is 21.0. The molecular formula is C19H17N3O7. The molecule has 10 nitrogen and oxygen atoms in total. The molecule has 0 bridgehead atoms. The number of hydrogen-bond donors (Lipinski definition) is 1. The molecule has 2 amide bonds. The van der Waals surface area contributed by atoms with Gasteiger partial charge in [0.05, 0.1) is 16.3 Å². The normalized spacial score (nSPS) is 13.7. The van der Waals surface area contributed by atoms with E-state index >= 15 is 0 Å². The van der Waals surface area contributed by atoms with Gasteiger partial charge in [0, 0.05) is 12.1 Å². The molecule has 2 aromatic carbocycles. The van der Waals surface area contributed by atoms with Crippen LogP contribution in [0.2, 0.25) is 0 Å². The number of carbonyl (C=O) groups excluding carboxylic acids is 3. The highest BCUT2D eigenvalue weighted by atomic mass is 16.6. The van der Waals surface area contributed by atoms with E-state index in [1.807, 2.05) is 0 Å². The highest BCUT2D eigenvalue weighted by Crippen LogP contribution is 2.29. The van der Waals surface area contributed by atoms with Crippen LogP contribution < -0.4 is 15.0 Å². The minimum Gasteiger partial charge on any atom is -0.482 e. The Morgan fingerprint density at radius 2 is 1.90 bits per heavy atom. The fraction of sp³-hybridized carbons (Fsp3) is 0.211. The lowest BCUT2D eigenvalue weighted by molar-refractivity contribution is -0.384. The Morgan fingerprint density at radius 3 is 2.59 bits per heavy atom. The first kappa shape index (κ1) is 19.8. The number of ether oxygens (including phenoxy) is 2. The first-order chi connectivity index (χ1) is 13.8. The van der Waals surface area contributed by atoms with E-state index in [1.165, 1.54) is 36.1 Å². The number of nitrogens with one attached hydrogen (secondary N) is 1. The SMILES string of the molecule is C[C@@H](OC(=O)COc1ccc([N+](=O)[O-])cc1)C(=O)N1CC(=O)Nc2ccccc21. The molecule has 0 saturated carbocycles. The van der Waals surface area contributed by atoms with Gasteiger partial charge in [0.15, 0.2) is 12.7 Å². The van der Waals surface area contributed by atoms with Crippen LogP contribution in [-0.2, 0) is 19.1 Å². The summed E-state index contributed by atoms with van der Waals surface area (Å²) in [4.78, 5) is 47.8. The van der Waals surface area contributed by atoms with Crippen LogP contribution in [0.4, 0.5) is 17.1 Å². The van der Waals surface area contributed by atoms with Crippen LogP contribution in [-0.4, -0.2) is 42.0 Å². The molecule has 29 heavy (non-hydrogen) atoms. The van der Waals surface area contributed by atoms with Crippen molar-refractivity contribution in [3.05, 3.63) is 58.6 Å². The van der Waals surface area contributed by atoms with E-state index in [4.69, 9.17) is 9.47 Å². The number of carbonyl (C=O) groups is 3. The molecule has 2 aromatic rings. The van der Waals surface area contributed by atoms with Crippen LogP contribution in [0.25, 0.3) is 0 Å². The first-order valence-electron chi connectivity index (χ1n) is 8.62. The Labute approximate surface area is 165 Å². The summed E-state index contributed by atoms with van der Waals surface area (Å²) in [6.45, 7) is 0.741. The van der Waals surface area contributed by atoms with Gasteiger partial charge in [-0.3, -0.25) is 24.6 Å². The number of nitro benzene ring substituents is 1. The maximum atomic E-state index is 12.7. The highest BCUT2D eigenvalue weighted by Gasteiger charge is 2.31. The van der Waals surface area contributed by atoms with E-state index in [9.17, 15) is 24.5 Å². The van der Waals surface area contributed by atoms with Gasteiger partial charge in [-0.15, -0.1) is 0 Å². The predicted molar refractivity (Wildman–Crippen MR) is 102 cm³/mol. The highest BCUT2D eigenvalue weighted by molar-refractivity contribution is 6.11. The van der Waals surface area contributed by atoms with Gasteiger partial charge in [-0.05, 0) is 31.2 Å². The van der Waals surface area contributed by atoms with E-state index in [0.717, 1.165) is 0 Å². The Morgan fingerprint density at radius 1 is 1.21 bits per heavy atom. The maximum Gasteiger partial charge on any atom is 0.344 e. The van der Waals surface area contributed by atoms with Crippen molar-refractivity contribution >= 4 is 34.8 Å². The number of esters is 1. The molecule has 0 aromatic heterocycles. The molecule has 1 N–H and O–H groups in total. The van der Waals surface area contributed by atoms with Crippen LogP contribution in [0.3, 0.4) is 0 Å². The summed E-state index contributed by atoms with van der Waals surface area (Å²) in [5.74, 6) is -1.44. The van der Waals surface area contributed by atoms with Crippen molar-refractivity contribution in [1.82, 2.24) is 0 Å². The van der Waals surface area contributed by atoms with Crippen molar-refractivity contribution in [2.45, 2.75) is 13.0 Å². The van der Waals surface area contributed by atoms with Crippen LogP contribution >= 0.6 is 0 Å². The molecule has 1 atom stereocenters. The molecule has 1 aliphatic rings. The van der Waals surface area contributed by atoms with Gasteiger partial charge in [0.25, 0.3) is 11.6 Å². The molecule has 1 aliphatic heterocycles. The van der Waals surface area contributed by atoms with Crippen molar-refractivity contribution in [3.8, 4) is 5.75 Å². The monoisotopic (exact) mass is 399 g/mol. The van der Waals surface area contributed by atoms with E-state index in [1.54, 1.807) is 24.3 Å². The van der Waals surface area contributed by atoms with Crippen molar-refractivity contribution < 1.29 is 28.8 Å². The van der Waals surface area contributed by atoms with E-state index in [2.05, 4.69) is 5.32 Å². The molecule has 0 unspecified atom stereocenters. The quantitative estimate of drug-likeness (QED) is 0.446. The number of fused-ring (bicyclic) bond motifs is 1. The molecule has 0 aliphatic carbocycles. The number of rotatable bonds is 6. The standard InChI is InChI=1S/C19H17N3O7/c1-12(19(25)21-10-17(23)20-15-4-2-3-5-16(15)21)29-18(24)11-28-14-8-6-13(7-9-14)22(26)27/h2-9,12H,10-11H2,1H3,(H,20,23)/t12-/m1/s1. The second kappa shape index (κ2) is 8.38. The fourth-order valence-electron chi connectivity index (χ4n) is 2.74. The Bertz CT molecular complexity index is 959. The minimum atomic E-state index is -1.14. The van der Waals surface area contributed by atoms with Crippen LogP contribution in [0.1, 0.15) is 6.92 Å². The Balaban J connectivity index is 1.57. The fourth-order valence-corrected chi connectivity index (χ4v) is 2.74. The predicted octanol–water partition coefficient (Wildman–Crippen LogP) is 1.89. The number of non-ortho nitro benzene ring substituents is 1. The molecule has 3 rings (SSSR count). The number of hydrogen-bond acceptors (Lipinski definition) is 7. The van der Waals surface area contributed by atoms with Gasteiger partial charge in [0.2, 0.25) is 5.91 Å². The summed E-state index contributed by atoms with van der Waals surface area (Å²) in [6, 6.07) is 12.0. The molecule has 1 heterocycles. The molecular weight excluding hydrogens is 382 g/mol. The van der Waals surface area contributed by atoms with Gasteiger partial charge >= 0.3 is 5.97 Å². The zero-order valence-electron chi connectivity index (χ0n) is 15.4. The third-order valence-corrected chi connectivity index (χ3v) is 4.10. The number of para-hydroxylation sites is 2. The van der Waals surface area contributed by atoms with E-state index in [0.29, 0.717) is 11.4 Å². The van der Waals surface area contributed by atoms with Crippen LogP contribution in [0.15, 0.2) is 48.5 Å². The molecule has 0 radical (unpaired) electrons. The molecule has 150 valence electrons. The Hall–Kier alpha value is -3.95. The van der Waals surface area contributed by atoms with Crippen LogP contribution in [0, 0.1) is 10.1 Å². The van der Waals surface area contributed by atoms with Crippen LogP contribution in [0.5, 0.6) is 5.75 Å². The van der Waals surface area contributed by atoms with Crippen molar-refractivity contribution in [3.63, 3.8) is 0 Å².